The predicted molar refractivity (Wildman–Crippen MR) is 70.7 cm³/mol. The molecular formula is C14H19N3O. The summed E-state index contributed by atoms with van der Waals surface area (Å²) in [7, 11) is 2.06. The van der Waals surface area contributed by atoms with Gasteiger partial charge in [0.15, 0.2) is 0 Å². The zero-order chi connectivity index (χ0) is 13.0. The summed E-state index contributed by atoms with van der Waals surface area (Å²) in [5, 5.41) is 0. The van der Waals surface area contributed by atoms with Gasteiger partial charge < -0.3 is 10.2 Å². The smallest absolute Gasteiger partial charge is 0.120 e. The van der Waals surface area contributed by atoms with Crippen molar-refractivity contribution in [2.24, 2.45) is 5.73 Å². The second-order valence-electron chi connectivity index (χ2n) is 4.56. The van der Waals surface area contributed by atoms with Gasteiger partial charge in [0.1, 0.15) is 11.5 Å². The molecule has 2 heterocycles. The first-order chi connectivity index (χ1) is 8.69. The van der Waals surface area contributed by atoms with Crippen molar-refractivity contribution in [2.45, 2.75) is 26.6 Å². The molecule has 0 aliphatic carbocycles. The minimum atomic E-state index is 0.457. The normalized spacial score (nSPS) is 11.1. The SMILES string of the molecule is Cc1cc(CN(C)Cc2cccnc2)oc1CN. The monoisotopic (exact) mass is 245 g/mol. The quantitative estimate of drug-likeness (QED) is 0.876. The highest BCUT2D eigenvalue weighted by atomic mass is 16.3. The van der Waals surface area contributed by atoms with Gasteiger partial charge in [-0.3, -0.25) is 9.88 Å². The Bertz CT molecular complexity index is 493. The molecule has 0 aromatic carbocycles. The van der Waals surface area contributed by atoms with E-state index in [1.807, 2.05) is 19.2 Å². The highest BCUT2D eigenvalue weighted by Crippen LogP contribution is 2.16. The molecule has 2 rings (SSSR count). The minimum Gasteiger partial charge on any atom is -0.463 e. The molecule has 2 aromatic heterocycles. The van der Waals surface area contributed by atoms with Crippen molar-refractivity contribution in [3.8, 4) is 0 Å². The average molecular weight is 245 g/mol. The van der Waals surface area contributed by atoms with E-state index >= 15 is 0 Å². The lowest BCUT2D eigenvalue weighted by Crippen LogP contribution is -2.16. The first-order valence-electron chi connectivity index (χ1n) is 6.04. The van der Waals surface area contributed by atoms with Crippen LogP contribution in [-0.2, 0) is 19.6 Å². The average Bonchev–Trinajstić information content (AvgIpc) is 2.70. The van der Waals surface area contributed by atoms with E-state index in [1.54, 1.807) is 6.20 Å². The predicted octanol–water partition coefficient (Wildman–Crippen LogP) is 2.07. The molecule has 0 spiro atoms. The van der Waals surface area contributed by atoms with Gasteiger partial charge in [0.25, 0.3) is 0 Å². The molecule has 18 heavy (non-hydrogen) atoms. The third-order valence-electron chi connectivity index (χ3n) is 2.86. The van der Waals surface area contributed by atoms with E-state index in [1.165, 1.54) is 5.56 Å². The summed E-state index contributed by atoms with van der Waals surface area (Å²) in [6.45, 7) is 4.11. The number of hydrogen-bond donors (Lipinski definition) is 1. The molecule has 0 saturated carbocycles. The van der Waals surface area contributed by atoms with Crippen molar-refractivity contribution in [3.05, 3.63) is 53.2 Å². The van der Waals surface area contributed by atoms with Gasteiger partial charge in [-0.05, 0) is 37.2 Å². The summed E-state index contributed by atoms with van der Waals surface area (Å²) in [4.78, 5) is 6.30. The second-order valence-corrected chi connectivity index (χ2v) is 4.56. The Hall–Kier alpha value is -1.65. The van der Waals surface area contributed by atoms with Crippen LogP contribution in [0.4, 0.5) is 0 Å². The van der Waals surface area contributed by atoms with E-state index in [0.29, 0.717) is 6.54 Å². The van der Waals surface area contributed by atoms with Gasteiger partial charge in [-0.1, -0.05) is 6.07 Å². The van der Waals surface area contributed by atoms with E-state index in [9.17, 15) is 0 Å². The molecule has 0 amide bonds. The Kier molecular flexibility index (Phi) is 4.12. The highest BCUT2D eigenvalue weighted by molar-refractivity contribution is 5.20. The molecule has 2 N–H and O–H groups in total. The van der Waals surface area contributed by atoms with Crippen molar-refractivity contribution >= 4 is 0 Å². The summed E-state index contributed by atoms with van der Waals surface area (Å²) in [5.74, 6) is 1.83. The van der Waals surface area contributed by atoms with Crippen molar-refractivity contribution in [2.75, 3.05) is 7.05 Å². The number of nitrogens with zero attached hydrogens (tertiary/aromatic N) is 2. The number of aromatic nitrogens is 1. The maximum Gasteiger partial charge on any atom is 0.120 e. The molecule has 96 valence electrons. The third kappa shape index (κ3) is 3.18. The Morgan fingerprint density at radius 2 is 2.22 bits per heavy atom. The van der Waals surface area contributed by atoms with Gasteiger partial charge in [-0.25, -0.2) is 0 Å². The minimum absolute atomic E-state index is 0.457. The van der Waals surface area contributed by atoms with Crippen LogP contribution in [0.25, 0.3) is 0 Å². The lowest BCUT2D eigenvalue weighted by molar-refractivity contribution is 0.283. The van der Waals surface area contributed by atoms with Gasteiger partial charge in [-0.15, -0.1) is 0 Å². The van der Waals surface area contributed by atoms with Crippen molar-refractivity contribution in [1.82, 2.24) is 9.88 Å². The van der Waals surface area contributed by atoms with Gasteiger partial charge in [0.05, 0.1) is 13.1 Å². The first kappa shape index (κ1) is 12.8. The number of aryl methyl sites for hydroxylation is 1. The fourth-order valence-electron chi connectivity index (χ4n) is 2.00. The van der Waals surface area contributed by atoms with Crippen LogP contribution in [0.5, 0.6) is 0 Å². The molecular weight excluding hydrogens is 226 g/mol. The van der Waals surface area contributed by atoms with Gasteiger partial charge in [0.2, 0.25) is 0 Å². The number of pyridine rings is 1. The van der Waals surface area contributed by atoms with E-state index in [2.05, 4.69) is 29.1 Å². The summed E-state index contributed by atoms with van der Waals surface area (Å²) in [6, 6.07) is 6.08. The van der Waals surface area contributed by atoms with Crippen LogP contribution in [-0.4, -0.2) is 16.9 Å². The Balaban J connectivity index is 1.96. The molecule has 4 nitrogen and oxygen atoms in total. The third-order valence-corrected chi connectivity index (χ3v) is 2.86. The second kappa shape index (κ2) is 5.80. The maximum absolute atomic E-state index is 5.69. The molecule has 4 heteroatoms. The van der Waals surface area contributed by atoms with Crippen LogP contribution in [0, 0.1) is 6.92 Å². The van der Waals surface area contributed by atoms with Crippen molar-refractivity contribution in [3.63, 3.8) is 0 Å². The van der Waals surface area contributed by atoms with E-state index in [0.717, 1.165) is 30.2 Å². The molecule has 0 saturated heterocycles. The molecule has 2 aromatic rings. The van der Waals surface area contributed by atoms with Crippen LogP contribution in [0.1, 0.15) is 22.6 Å². The number of nitrogens with two attached hydrogens (primary N) is 1. The summed E-state index contributed by atoms with van der Waals surface area (Å²) < 4.78 is 5.69. The zero-order valence-electron chi connectivity index (χ0n) is 10.9. The number of furan rings is 1. The maximum atomic E-state index is 5.69. The summed E-state index contributed by atoms with van der Waals surface area (Å²) in [6.07, 6.45) is 3.67. The highest BCUT2D eigenvalue weighted by Gasteiger charge is 2.08. The molecule has 0 radical (unpaired) electrons. The fourth-order valence-corrected chi connectivity index (χ4v) is 2.00. The van der Waals surface area contributed by atoms with Crippen LogP contribution in [0.2, 0.25) is 0 Å². The largest absolute Gasteiger partial charge is 0.463 e. The number of rotatable bonds is 5. The van der Waals surface area contributed by atoms with Crippen LogP contribution >= 0.6 is 0 Å². The Morgan fingerprint density at radius 1 is 1.39 bits per heavy atom. The molecule has 0 unspecified atom stereocenters. The van der Waals surface area contributed by atoms with Gasteiger partial charge in [0, 0.05) is 18.9 Å². The van der Waals surface area contributed by atoms with Crippen molar-refractivity contribution in [1.29, 1.82) is 0 Å². The lowest BCUT2D eigenvalue weighted by Gasteiger charge is -2.14. The zero-order valence-corrected chi connectivity index (χ0v) is 10.9. The van der Waals surface area contributed by atoms with E-state index in [4.69, 9.17) is 10.2 Å². The fraction of sp³-hybridized carbons (Fsp3) is 0.357. The van der Waals surface area contributed by atoms with E-state index < -0.39 is 0 Å². The van der Waals surface area contributed by atoms with Crippen LogP contribution < -0.4 is 5.73 Å². The molecule has 0 bridgehead atoms. The van der Waals surface area contributed by atoms with Gasteiger partial charge in [-0.2, -0.15) is 0 Å². The molecule has 0 aliphatic rings. The summed E-state index contributed by atoms with van der Waals surface area (Å²) >= 11 is 0. The van der Waals surface area contributed by atoms with Crippen LogP contribution in [0.3, 0.4) is 0 Å². The molecule has 0 atom stereocenters. The molecule has 0 aliphatic heterocycles. The van der Waals surface area contributed by atoms with Crippen LogP contribution in [0.15, 0.2) is 35.0 Å². The van der Waals surface area contributed by atoms with E-state index in [-0.39, 0.29) is 0 Å². The van der Waals surface area contributed by atoms with Gasteiger partial charge >= 0.3 is 0 Å². The van der Waals surface area contributed by atoms with Crippen molar-refractivity contribution < 1.29 is 4.42 Å². The first-order valence-corrected chi connectivity index (χ1v) is 6.04. The summed E-state index contributed by atoms with van der Waals surface area (Å²) in [5.41, 5.74) is 7.93. The topological polar surface area (TPSA) is 55.3 Å². The Labute approximate surface area is 107 Å². The Morgan fingerprint density at radius 3 is 2.83 bits per heavy atom. The lowest BCUT2D eigenvalue weighted by atomic mass is 10.2. The molecule has 0 fully saturated rings. The standard InChI is InChI=1S/C14H19N3O/c1-11-6-13(18-14(11)7-15)10-17(2)9-12-4-3-5-16-8-12/h3-6,8H,7,9-10,15H2,1-2H3. The number of hydrogen-bond acceptors (Lipinski definition) is 4.